The van der Waals surface area contributed by atoms with Crippen molar-refractivity contribution < 1.29 is 4.42 Å². The maximum absolute atomic E-state index is 6.36. The van der Waals surface area contributed by atoms with Crippen molar-refractivity contribution in [3.05, 3.63) is 182 Å². The number of hydrogen-bond acceptors (Lipinski definition) is 2. The third-order valence-corrected chi connectivity index (χ3v) is 9.01. The third-order valence-electron chi connectivity index (χ3n) is 9.01. The van der Waals surface area contributed by atoms with Gasteiger partial charge in [-0.25, -0.2) is 0 Å². The summed E-state index contributed by atoms with van der Waals surface area (Å²) in [5.74, 6) is 0. The van der Waals surface area contributed by atoms with Gasteiger partial charge in [0.1, 0.15) is 11.1 Å². The molecule has 0 atom stereocenters. The highest BCUT2D eigenvalue weighted by atomic mass is 16.3. The SMILES string of the molecule is c1ccc(-c2ccc(N(c3ccccc3)c3ccc(-c4ccc(-n5c6ccccc6c6oc7ccccc7c65)cc4)cc3)cc2)cc1. The molecule has 3 heteroatoms. The molecule has 2 heterocycles. The Labute approximate surface area is 273 Å². The molecule has 2 aromatic heterocycles. The second kappa shape index (κ2) is 11.2. The highest BCUT2D eigenvalue weighted by Crippen LogP contribution is 2.40. The summed E-state index contributed by atoms with van der Waals surface area (Å²) in [6.07, 6.45) is 0. The van der Waals surface area contributed by atoms with E-state index in [-0.39, 0.29) is 0 Å². The number of hydrogen-bond donors (Lipinski definition) is 0. The summed E-state index contributed by atoms with van der Waals surface area (Å²) >= 11 is 0. The fourth-order valence-corrected chi connectivity index (χ4v) is 6.75. The first-order valence-electron chi connectivity index (χ1n) is 15.9. The predicted octanol–water partition coefficient (Wildman–Crippen LogP) is 12.3. The number of para-hydroxylation sites is 3. The van der Waals surface area contributed by atoms with Gasteiger partial charge in [-0.3, -0.25) is 0 Å². The van der Waals surface area contributed by atoms with Gasteiger partial charge in [-0.15, -0.1) is 0 Å². The topological polar surface area (TPSA) is 21.3 Å². The van der Waals surface area contributed by atoms with Crippen molar-refractivity contribution in [1.29, 1.82) is 0 Å². The van der Waals surface area contributed by atoms with E-state index in [4.69, 9.17) is 4.42 Å². The van der Waals surface area contributed by atoms with Gasteiger partial charge in [0, 0.05) is 33.5 Å². The first-order valence-corrected chi connectivity index (χ1v) is 15.9. The fraction of sp³-hybridized carbons (Fsp3) is 0. The van der Waals surface area contributed by atoms with Crippen LogP contribution >= 0.6 is 0 Å². The smallest absolute Gasteiger partial charge is 0.161 e. The zero-order chi connectivity index (χ0) is 31.2. The van der Waals surface area contributed by atoms with Crippen LogP contribution in [-0.2, 0) is 0 Å². The molecule has 47 heavy (non-hydrogen) atoms. The lowest BCUT2D eigenvalue weighted by molar-refractivity contribution is 0.673. The Morgan fingerprint density at radius 2 is 0.851 bits per heavy atom. The highest BCUT2D eigenvalue weighted by molar-refractivity contribution is 6.16. The molecule has 9 rings (SSSR count). The van der Waals surface area contributed by atoms with Crippen LogP contribution < -0.4 is 4.90 Å². The maximum atomic E-state index is 6.36. The van der Waals surface area contributed by atoms with Crippen LogP contribution in [0.4, 0.5) is 17.1 Å². The van der Waals surface area contributed by atoms with E-state index in [0.717, 1.165) is 55.7 Å². The van der Waals surface area contributed by atoms with Crippen molar-refractivity contribution >= 4 is 50.0 Å². The van der Waals surface area contributed by atoms with Crippen LogP contribution in [0.5, 0.6) is 0 Å². The number of aromatic nitrogens is 1. The number of anilines is 3. The van der Waals surface area contributed by atoms with Crippen molar-refractivity contribution in [1.82, 2.24) is 4.57 Å². The van der Waals surface area contributed by atoms with E-state index in [1.807, 2.05) is 12.1 Å². The predicted molar refractivity (Wildman–Crippen MR) is 196 cm³/mol. The molecular formula is C44H30N2O. The van der Waals surface area contributed by atoms with Gasteiger partial charge in [0.05, 0.1) is 5.52 Å². The molecule has 0 unspecified atom stereocenters. The minimum absolute atomic E-state index is 0.908. The normalized spacial score (nSPS) is 11.4. The highest BCUT2D eigenvalue weighted by Gasteiger charge is 2.19. The number of benzene rings is 7. The molecule has 0 bridgehead atoms. The van der Waals surface area contributed by atoms with Crippen LogP contribution in [0.15, 0.2) is 186 Å². The van der Waals surface area contributed by atoms with Crippen molar-refractivity contribution in [2.75, 3.05) is 4.90 Å². The standard InChI is InChI=1S/C44H30N2O/c1-3-11-31(12-4-1)32-19-25-36(26-20-32)45(35-13-5-2-6-14-35)37-27-21-33(22-28-37)34-23-29-38(30-24-34)46-41-17-9-7-15-39(41)44-43(46)40-16-8-10-18-42(40)47-44/h1-30H. The summed E-state index contributed by atoms with van der Waals surface area (Å²) in [6.45, 7) is 0. The minimum Gasteiger partial charge on any atom is -0.454 e. The molecule has 0 spiro atoms. The van der Waals surface area contributed by atoms with E-state index in [9.17, 15) is 0 Å². The molecule has 0 fully saturated rings. The third kappa shape index (κ3) is 4.68. The number of rotatable bonds is 6. The first-order chi connectivity index (χ1) is 23.3. The molecule has 0 saturated carbocycles. The zero-order valence-electron chi connectivity index (χ0n) is 25.6. The maximum Gasteiger partial charge on any atom is 0.161 e. The Bertz CT molecular complexity index is 2470. The van der Waals surface area contributed by atoms with Crippen molar-refractivity contribution in [3.63, 3.8) is 0 Å². The largest absolute Gasteiger partial charge is 0.454 e. The Hall–Kier alpha value is -6.32. The summed E-state index contributed by atoms with van der Waals surface area (Å²) in [6, 6.07) is 64.3. The van der Waals surface area contributed by atoms with Crippen LogP contribution in [0.25, 0.3) is 60.9 Å². The van der Waals surface area contributed by atoms with Crippen molar-refractivity contribution in [3.8, 4) is 27.9 Å². The quantitative estimate of drug-likeness (QED) is 0.189. The van der Waals surface area contributed by atoms with Crippen molar-refractivity contribution in [2.45, 2.75) is 0 Å². The molecule has 3 nitrogen and oxygen atoms in total. The second-order valence-corrected chi connectivity index (χ2v) is 11.8. The fourth-order valence-electron chi connectivity index (χ4n) is 6.75. The molecule has 0 aliphatic heterocycles. The zero-order valence-corrected chi connectivity index (χ0v) is 25.6. The Kier molecular flexibility index (Phi) is 6.46. The number of nitrogens with zero attached hydrogens (tertiary/aromatic N) is 2. The Morgan fingerprint density at radius 3 is 1.49 bits per heavy atom. The van der Waals surface area contributed by atoms with Gasteiger partial charge in [-0.1, -0.05) is 109 Å². The van der Waals surface area contributed by atoms with Gasteiger partial charge in [-0.2, -0.15) is 0 Å². The lowest BCUT2D eigenvalue weighted by Gasteiger charge is -2.26. The van der Waals surface area contributed by atoms with E-state index < -0.39 is 0 Å². The van der Waals surface area contributed by atoms with Crippen LogP contribution in [0.2, 0.25) is 0 Å². The molecule has 0 radical (unpaired) electrons. The Balaban J connectivity index is 1.06. The van der Waals surface area contributed by atoms with Gasteiger partial charge in [0.25, 0.3) is 0 Å². The lowest BCUT2D eigenvalue weighted by atomic mass is 10.0. The van der Waals surface area contributed by atoms with Gasteiger partial charge in [0.2, 0.25) is 0 Å². The van der Waals surface area contributed by atoms with E-state index in [0.29, 0.717) is 0 Å². The Morgan fingerprint density at radius 1 is 0.383 bits per heavy atom. The van der Waals surface area contributed by atoms with Gasteiger partial charge >= 0.3 is 0 Å². The second-order valence-electron chi connectivity index (χ2n) is 11.8. The number of furan rings is 1. The van der Waals surface area contributed by atoms with Gasteiger partial charge < -0.3 is 13.9 Å². The first kappa shape index (κ1) is 27.0. The monoisotopic (exact) mass is 602 g/mol. The number of fused-ring (bicyclic) bond motifs is 5. The van der Waals surface area contributed by atoms with Gasteiger partial charge in [-0.05, 0) is 95.1 Å². The lowest BCUT2D eigenvalue weighted by Crippen LogP contribution is -2.09. The molecule has 0 aliphatic rings. The molecular weight excluding hydrogens is 572 g/mol. The average Bonchev–Trinajstić information content (AvgIpc) is 3.68. The van der Waals surface area contributed by atoms with Crippen LogP contribution in [0.1, 0.15) is 0 Å². The summed E-state index contributed by atoms with van der Waals surface area (Å²) in [7, 11) is 0. The van der Waals surface area contributed by atoms with E-state index >= 15 is 0 Å². The van der Waals surface area contributed by atoms with Crippen LogP contribution in [0, 0.1) is 0 Å². The van der Waals surface area contributed by atoms with Gasteiger partial charge in [0.15, 0.2) is 5.58 Å². The summed E-state index contributed by atoms with van der Waals surface area (Å²) in [4.78, 5) is 2.30. The van der Waals surface area contributed by atoms with E-state index in [1.54, 1.807) is 0 Å². The van der Waals surface area contributed by atoms with Crippen LogP contribution in [-0.4, -0.2) is 4.57 Å². The summed E-state index contributed by atoms with van der Waals surface area (Å²) in [5.41, 5.74) is 13.3. The van der Waals surface area contributed by atoms with Crippen molar-refractivity contribution in [2.24, 2.45) is 0 Å². The molecule has 0 amide bonds. The van der Waals surface area contributed by atoms with Crippen LogP contribution in [0.3, 0.4) is 0 Å². The molecule has 222 valence electrons. The van der Waals surface area contributed by atoms with E-state index in [1.165, 1.54) is 22.3 Å². The molecule has 0 aliphatic carbocycles. The summed E-state index contributed by atoms with van der Waals surface area (Å²) in [5, 5.41) is 2.24. The molecule has 9 aromatic rings. The summed E-state index contributed by atoms with van der Waals surface area (Å²) < 4.78 is 8.68. The average molecular weight is 603 g/mol. The molecule has 0 saturated heterocycles. The minimum atomic E-state index is 0.908. The molecule has 7 aromatic carbocycles. The molecule has 0 N–H and O–H groups in total. The van der Waals surface area contributed by atoms with E-state index in [2.05, 4.69) is 179 Å².